The maximum atomic E-state index is 12.6. The molecule has 0 aromatic heterocycles. The first-order valence-electron chi connectivity index (χ1n) is 6.82. The highest BCUT2D eigenvalue weighted by atomic mass is 79.9. The van der Waals surface area contributed by atoms with Gasteiger partial charge in [0.1, 0.15) is 0 Å². The molecule has 0 aliphatic carbocycles. The van der Waals surface area contributed by atoms with Crippen LogP contribution >= 0.6 is 39.9 Å². The predicted octanol–water partition coefficient (Wildman–Crippen LogP) is 4.55. The highest BCUT2D eigenvalue weighted by Crippen LogP contribution is 2.36. The van der Waals surface area contributed by atoms with Crippen LogP contribution in [-0.2, 0) is 4.79 Å². The molecule has 0 atom stereocenters. The van der Waals surface area contributed by atoms with Crippen LogP contribution in [0.3, 0.4) is 0 Å². The Balaban J connectivity index is 1.89. The van der Waals surface area contributed by atoms with Crippen molar-refractivity contribution < 1.29 is 14.7 Å². The lowest BCUT2D eigenvalue weighted by Crippen LogP contribution is -2.27. The summed E-state index contributed by atoms with van der Waals surface area (Å²) in [5, 5.41) is 8.92. The number of hydrogen-bond acceptors (Lipinski definition) is 4. The molecular weight excluding hydrogens is 410 g/mol. The van der Waals surface area contributed by atoms with Crippen LogP contribution in [0.2, 0.25) is 0 Å². The van der Waals surface area contributed by atoms with Gasteiger partial charge in [0.15, 0.2) is 4.32 Å². The molecule has 7 heteroatoms. The molecule has 0 saturated carbocycles. The minimum atomic E-state index is -0.984. The van der Waals surface area contributed by atoms with E-state index in [4.69, 9.17) is 17.3 Å². The van der Waals surface area contributed by atoms with Gasteiger partial charge in [-0.1, -0.05) is 58.1 Å². The standard InChI is InChI=1S/C17H10BrNO3S2/c18-12-2-1-3-13(9-12)19-15(20)14(24-17(19)23)8-10-4-6-11(7-5-10)16(21)22/h1-9H,(H,21,22)/b14-8-. The van der Waals surface area contributed by atoms with E-state index in [0.717, 1.165) is 10.0 Å². The van der Waals surface area contributed by atoms with Gasteiger partial charge < -0.3 is 5.11 Å². The van der Waals surface area contributed by atoms with E-state index < -0.39 is 5.97 Å². The summed E-state index contributed by atoms with van der Waals surface area (Å²) in [4.78, 5) is 25.5. The van der Waals surface area contributed by atoms with Crippen LogP contribution in [0.4, 0.5) is 5.69 Å². The Bertz CT molecular complexity index is 878. The summed E-state index contributed by atoms with van der Waals surface area (Å²) in [6, 6.07) is 13.7. The maximum Gasteiger partial charge on any atom is 0.335 e. The molecule has 2 aromatic rings. The van der Waals surface area contributed by atoms with Gasteiger partial charge in [0.25, 0.3) is 5.91 Å². The van der Waals surface area contributed by atoms with Crippen LogP contribution in [0.1, 0.15) is 15.9 Å². The number of benzene rings is 2. The van der Waals surface area contributed by atoms with Crippen molar-refractivity contribution in [1.82, 2.24) is 0 Å². The number of aromatic carboxylic acids is 1. The van der Waals surface area contributed by atoms with Crippen molar-refractivity contribution in [2.45, 2.75) is 0 Å². The Kier molecular flexibility index (Phi) is 4.84. The van der Waals surface area contributed by atoms with Gasteiger partial charge >= 0.3 is 5.97 Å². The van der Waals surface area contributed by atoms with Gasteiger partial charge in [-0.25, -0.2) is 4.79 Å². The summed E-state index contributed by atoms with van der Waals surface area (Å²) in [6.45, 7) is 0. The highest BCUT2D eigenvalue weighted by Gasteiger charge is 2.33. The van der Waals surface area contributed by atoms with E-state index >= 15 is 0 Å². The summed E-state index contributed by atoms with van der Waals surface area (Å²) < 4.78 is 1.33. The molecule has 1 N–H and O–H groups in total. The molecule has 2 aromatic carbocycles. The number of nitrogens with zero attached hydrogens (tertiary/aromatic N) is 1. The average molecular weight is 420 g/mol. The van der Waals surface area contributed by atoms with Gasteiger partial charge in [-0.15, -0.1) is 0 Å². The number of carbonyl (C=O) groups excluding carboxylic acids is 1. The number of anilines is 1. The topological polar surface area (TPSA) is 57.6 Å². The van der Waals surface area contributed by atoms with Crippen LogP contribution < -0.4 is 4.90 Å². The Morgan fingerprint density at radius 1 is 1.21 bits per heavy atom. The van der Waals surface area contributed by atoms with Gasteiger partial charge in [-0.3, -0.25) is 9.69 Å². The molecule has 4 nitrogen and oxygen atoms in total. The number of hydrogen-bond donors (Lipinski definition) is 1. The summed E-state index contributed by atoms with van der Waals surface area (Å²) in [6.07, 6.45) is 1.71. The van der Waals surface area contributed by atoms with E-state index in [-0.39, 0.29) is 11.5 Å². The van der Waals surface area contributed by atoms with Crippen molar-refractivity contribution >= 4 is 67.9 Å². The molecule has 1 aliphatic heterocycles. The lowest BCUT2D eigenvalue weighted by Gasteiger charge is -2.14. The number of carboxylic acids is 1. The van der Waals surface area contributed by atoms with E-state index in [1.807, 2.05) is 24.3 Å². The zero-order chi connectivity index (χ0) is 17.3. The van der Waals surface area contributed by atoms with Crippen LogP contribution in [-0.4, -0.2) is 21.3 Å². The highest BCUT2D eigenvalue weighted by molar-refractivity contribution is 9.10. The maximum absolute atomic E-state index is 12.6. The third-order valence-corrected chi connectivity index (χ3v) is 5.11. The normalized spacial score (nSPS) is 16.0. The first-order valence-corrected chi connectivity index (χ1v) is 8.84. The molecule has 1 aliphatic rings. The lowest BCUT2D eigenvalue weighted by molar-refractivity contribution is -0.113. The second-order valence-electron chi connectivity index (χ2n) is 4.92. The third kappa shape index (κ3) is 3.43. The zero-order valence-corrected chi connectivity index (χ0v) is 15.3. The van der Waals surface area contributed by atoms with Gasteiger partial charge in [-0.05, 0) is 42.0 Å². The van der Waals surface area contributed by atoms with Crippen molar-refractivity contribution in [3.05, 3.63) is 69.0 Å². The van der Waals surface area contributed by atoms with Gasteiger partial charge in [0.05, 0.1) is 16.2 Å². The van der Waals surface area contributed by atoms with E-state index in [0.29, 0.717) is 14.9 Å². The van der Waals surface area contributed by atoms with E-state index in [1.54, 1.807) is 18.2 Å². The third-order valence-electron chi connectivity index (χ3n) is 3.32. The van der Waals surface area contributed by atoms with Crippen LogP contribution in [0.5, 0.6) is 0 Å². The van der Waals surface area contributed by atoms with Crippen LogP contribution in [0.15, 0.2) is 57.9 Å². The lowest BCUT2D eigenvalue weighted by atomic mass is 10.1. The van der Waals surface area contributed by atoms with Crippen molar-refractivity contribution in [3.8, 4) is 0 Å². The number of carbonyl (C=O) groups is 2. The zero-order valence-electron chi connectivity index (χ0n) is 12.1. The van der Waals surface area contributed by atoms with E-state index in [9.17, 15) is 9.59 Å². The molecule has 1 heterocycles. The number of thiocarbonyl (C=S) groups is 1. The summed E-state index contributed by atoms with van der Waals surface area (Å²) in [5.41, 5.74) is 1.65. The molecule has 0 bridgehead atoms. The molecule has 0 radical (unpaired) electrons. The summed E-state index contributed by atoms with van der Waals surface area (Å²) in [5.74, 6) is -1.17. The molecule has 1 fully saturated rings. The SMILES string of the molecule is O=C(O)c1ccc(/C=C2\SC(=S)N(c3cccc(Br)c3)C2=O)cc1. The average Bonchev–Trinajstić information content (AvgIpc) is 2.82. The second kappa shape index (κ2) is 6.88. The smallest absolute Gasteiger partial charge is 0.335 e. The van der Waals surface area contributed by atoms with Crippen molar-refractivity contribution in [3.63, 3.8) is 0 Å². The number of rotatable bonds is 3. The minimum Gasteiger partial charge on any atom is -0.478 e. The molecular formula is C17H10BrNO3S2. The van der Waals surface area contributed by atoms with Crippen molar-refractivity contribution in [2.75, 3.05) is 4.90 Å². The monoisotopic (exact) mass is 419 g/mol. The van der Waals surface area contributed by atoms with Gasteiger partial charge in [-0.2, -0.15) is 0 Å². The fourth-order valence-electron chi connectivity index (χ4n) is 2.18. The largest absolute Gasteiger partial charge is 0.478 e. The van der Waals surface area contributed by atoms with Crippen molar-refractivity contribution in [1.29, 1.82) is 0 Å². The first-order chi connectivity index (χ1) is 11.5. The van der Waals surface area contributed by atoms with E-state index in [2.05, 4.69) is 15.9 Å². The molecule has 1 saturated heterocycles. The Morgan fingerprint density at radius 2 is 1.92 bits per heavy atom. The molecule has 120 valence electrons. The fraction of sp³-hybridized carbons (Fsp3) is 0. The molecule has 0 spiro atoms. The van der Waals surface area contributed by atoms with Gasteiger partial charge in [0, 0.05) is 4.47 Å². The van der Waals surface area contributed by atoms with Crippen LogP contribution in [0, 0.1) is 0 Å². The summed E-state index contributed by atoms with van der Waals surface area (Å²) in [7, 11) is 0. The quantitative estimate of drug-likeness (QED) is 0.583. The summed E-state index contributed by atoms with van der Waals surface area (Å²) >= 11 is 9.94. The first kappa shape index (κ1) is 16.9. The predicted molar refractivity (Wildman–Crippen MR) is 103 cm³/mol. The minimum absolute atomic E-state index is 0.189. The molecule has 0 unspecified atom stereocenters. The number of halogens is 1. The number of carboxylic acid groups (broad SMARTS) is 1. The van der Waals surface area contributed by atoms with Crippen molar-refractivity contribution in [2.24, 2.45) is 0 Å². The molecule has 1 amide bonds. The van der Waals surface area contributed by atoms with Crippen LogP contribution in [0.25, 0.3) is 6.08 Å². The van der Waals surface area contributed by atoms with Gasteiger partial charge in [0.2, 0.25) is 0 Å². The second-order valence-corrected chi connectivity index (χ2v) is 7.52. The molecule has 3 rings (SSSR count). The Hall–Kier alpha value is -1.96. The molecule has 24 heavy (non-hydrogen) atoms. The van der Waals surface area contributed by atoms with E-state index in [1.165, 1.54) is 28.8 Å². The number of thioether (sulfide) groups is 1. The fourth-order valence-corrected chi connectivity index (χ4v) is 3.86. The number of amides is 1. The Labute approximate surface area is 156 Å². The Morgan fingerprint density at radius 3 is 2.54 bits per heavy atom.